The maximum atomic E-state index is 12.5. The molecule has 0 N–H and O–H groups in total. The number of carbonyl (C=O) groups excluding carboxylic acids is 2. The van der Waals surface area contributed by atoms with Crippen molar-refractivity contribution in [2.45, 2.75) is 26.8 Å². The number of rotatable bonds is 8. The number of aryl methyl sites for hydroxylation is 2. The van der Waals surface area contributed by atoms with Gasteiger partial charge in [-0.3, -0.25) is 4.79 Å². The Morgan fingerprint density at radius 3 is 2.78 bits per heavy atom. The Bertz CT molecular complexity index is 935. The fraction of sp³-hybridized carbons (Fsp3) is 0.238. The van der Waals surface area contributed by atoms with Gasteiger partial charge < -0.3 is 9.30 Å². The van der Waals surface area contributed by atoms with Gasteiger partial charge in [-0.15, -0.1) is 11.3 Å². The van der Waals surface area contributed by atoms with Crippen molar-refractivity contribution in [3.8, 4) is 0 Å². The average Bonchev–Trinajstić information content (AvgIpc) is 3.39. The summed E-state index contributed by atoms with van der Waals surface area (Å²) in [4.78, 5) is 25.6. The number of hydrogen-bond acceptors (Lipinski definition) is 5. The fourth-order valence-electron chi connectivity index (χ4n) is 2.90. The lowest BCUT2D eigenvalue weighted by Crippen LogP contribution is -2.14. The third-order valence-corrected chi connectivity index (χ3v) is 5.97. The van der Waals surface area contributed by atoms with Gasteiger partial charge in [0, 0.05) is 34.4 Å². The molecule has 0 bridgehead atoms. The van der Waals surface area contributed by atoms with E-state index in [1.165, 1.54) is 11.0 Å². The summed E-state index contributed by atoms with van der Waals surface area (Å²) >= 11 is 3.29. The molecule has 4 nitrogen and oxygen atoms in total. The van der Waals surface area contributed by atoms with Crippen LogP contribution in [0.25, 0.3) is 6.08 Å². The van der Waals surface area contributed by atoms with E-state index in [-0.39, 0.29) is 12.4 Å². The van der Waals surface area contributed by atoms with E-state index in [1.807, 2.05) is 42.8 Å². The van der Waals surface area contributed by atoms with Crippen molar-refractivity contribution in [2.75, 3.05) is 6.61 Å². The second-order valence-corrected chi connectivity index (χ2v) is 8.00. The average molecular weight is 400 g/mol. The quantitative estimate of drug-likeness (QED) is 0.307. The van der Waals surface area contributed by atoms with E-state index in [0.29, 0.717) is 5.56 Å². The van der Waals surface area contributed by atoms with Gasteiger partial charge in [-0.05, 0) is 66.2 Å². The zero-order valence-corrected chi connectivity index (χ0v) is 16.9. The van der Waals surface area contributed by atoms with Gasteiger partial charge in [0.1, 0.15) is 0 Å². The number of carbonyl (C=O) groups is 2. The van der Waals surface area contributed by atoms with E-state index in [1.54, 1.807) is 28.7 Å². The van der Waals surface area contributed by atoms with Crippen LogP contribution in [0.2, 0.25) is 0 Å². The SMILES string of the molecule is Cc1cc(C(=O)COC(=O)/C=C/c2ccsc2)c(C)n1CCc1cccs1. The number of nitrogens with zero attached hydrogens (tertiary/aromatic N) is 1. The summed E-state index contributed by atoms with van der Waals surface area (Å²) in [6.45, 7) is 4.51. The third kappa shape index (κ3) is 5.05. The number of hydrogen-bond donors (Lipinski definition) is 0. The summed E-state index contributed by atoms with van der Waals surface area (Å²) in [7, 11) is 0. The summed E-state index contributed by atoms with van der Waals surface area (Å²) < 4.78 is 7.24. The standard InChI is InChI=1S/C21H21NO3S2/c1-15-12-19(16(2)22(15)9-7-18-4-3-10-27-18)20(23)13-25-21(24)6-5-17-8-11-26-14-17/h3-6,8,10-12,14H,7,9,13H2,1-2H3/b6-5+. The lowest BCUT2D eigenvalue weighted by Gasteiger charge is -2.09. The van der Waals surface area contributed by atoms with E-state index in [4.69, 9.17) is 4.74 Å². The van der Waals surface area contributed by atoms with Crippen molar-refractivity contribution in [3.63, 3.8) is 0 Å². The molecule has 3 aromatic heterocycles. The molecule has 0 amide bonds. The Balaban J connectivity index is 1.58. The Kier molecular flexibility index (Phi) is 6.42. The molecular formula is C21H21NO3S2. The van der Waals surface area contributed by atoms with Gasteiger partial charge in [-0.2, -0.15) is 11.3 Å². The topological polar surface area (TPSA) is 48.3 Å². The number of ether oxygens (including phenoxy) is 1. The van der Waals surface area contributed by atoms with Crippen LogP contribution >= 0.6 is 22.7 Å². The first-order valence-electron chi connectivity index (χ1n) is 8.64. The van der Waals surface area contributed by atoms with Crippen LogP contribution in [0.15, 0.2) is 46.5 Å². The number of Topliss-reactive ketones (excluding diaryl/α,β-unsaturated/α-hetero) is 1. The minimum Gasteiger partial charge on any atom is -0.454 e. The van der Waals surface area contributed by atoms with Crippen LogP contribution < -0.4 is 0 Å². The normalized spacial score (nSPS) is 11.2. The van der Waals surface area contributed by atoms with Crippen LogP contribution in [0.1, 0.15) is 32.2 Å². The number of ketones is 1. The van der Waals surface area contributed by atoms with Crippen LogP contribution in [0.5, 0.6) is 0 Å². The predicted molar refractivity (Wildman–Crippen MR) is 111 cm³/mol. The molecule has 0 radical (unpaired) electrons. The molecule has 3 rings (SSSR count). The Labute approximate surface area is 166 Å². The molecule has 3 aromatic rings. The van der Waals surface area contributed by atoms with E-state index in [2.05, 4.69) is 16.0 Å². The summed E-state index contributed by atoms with van der Waals surface area (Å²) in [5.41, 5.74) is 3.51. The third-order valence-electron chi connectivity index (χ3n) is 4.34. The Morgan fingerprint density at radius 1 is 1.22 bits per heavy atom. The number of esters is 1. The van der Waals surface area contributed by atoms with Gasteiger partial charge in [0.15, 0.2) is 6.61 Å². The Morgan fingerprint density at radius 2 is 2.07 bits per heavy atom. The second kappa shape index (κ2) is 8.97. The minimum absolute atomic E-state index is 0.178. The van der Waals surface area contributed by atoms with Crippen molar-refractivity contribution >= 4 is 40.5 Å². The second-order valence-electron chi connectivity index (χ2n) is 6.19. The van der Waals surface area contributed by atoms with Crippen LogP contribution in [-0.4, -0.2) is 22.9 Å². The van der Waals surface area contributed by atoms with Crippen LogP contribution in [0.4, 0.5) is 0 Å². The van der Waals surface area contributed by atoms with Crippen LogP contribution in [0.3, 0.4) is 0 Å². The van der Waals surface area contributed by atoms with E-state index in [9.17, 15) is 9.59 Å². The molecule has 0 unspecified atom stereocenters. The molecule has 0 aromatic carbocycles. The van der Waals surface area contributed by atoms with Crippen LogP contribution in [0, 0.1) is 13.8 Å². The number of aromatic nitrogens is 1. The summed E-state index contributed by atoms with van der Waals surface area (Å²) in [5, 5.41) is 5.93. The van der Waals surface area contributed by atoms with Crippen molar-refractivity contribution in [2.24, 2.45) is 0 Å². The summed E-state index contributed by atoms with van der Waals surface area (Å²) in [5.74, 6) is -0.691. The molecule has 0 spiro atoms. The zero-order chi connectivity index (χ0) is 19.2. The highest BCUT2D eigenvalue weighted by Gasteiger charge is 2.17. The first-order valence-corrected chi connectivity index (χ1v) is 10.5. The maximum Gasteiger partial charge on any atom is 0.331 e. The van der Waals surface area contributed by atoms with Gasteiger partial charge in [-0.25, -0.2) is 4.79 Å². The van der Waals surface area contributed by atoms with Gasteiger partial charge in [0.25, 0.3) is 0 Å². The predicted octanol–water partition coefficient (Wildman–Crippen LogP) is 4.91. The van der Waals surface area contributed by atoms with Crippen molar-refractivity contribution in [3.05, 3.63) is 73.9 Å². The molecule has 140 valence electrons. The lowest BCUT2D eigenvalue weighted by molar-refractivity contribution is -0.136. The molecule has 0 aliphatic rings. The van der Waals surface area contributed by atoms with Gasteiger partial charge in [-0.1, -0.05) is 6.07 Å². The molecule has 3 heterocycles. The highest BCUT2D eigenvalue weighted by atomic mass is 32.1. The summed E-state index contributed by atoms with van der Waals surface area (Å²) in [6.07, 6.45) is 3.96. The highest BCUT2D eigenvalue weighted by Crippen LogP contribution is 2.18. The van der Waals surface area contributed by atoms with Gasteiger partial charge >= 0.3 is 5.97 Å². The van der Waals surface area contributed by atoms with Crippen molar-refractivity contribution in [1.82, 2.24) is 4.57 Å². The minimum atomic E-state index is -0.513. The molecule has 0 aliphatic heterocycles. The number of thiophene rings is 2. The molecule has 6 heteroatoms. The fourth-order valence-corrected chi connectivity index (χ4v) is 4.23. The van der Waals surface area contributed by atoms with E-state index >= 15 is 0 Å². The molecule has 27 heavy (non-hydrogen) atoms. The smallest absolute Gasteiger partial charge is 0.331 e. The van der Waals surface area contributed by atoms with Crippen molar-refractivity contribution in [1.29, 1.82) is 0 Å². The lowest BCUT2D eigenvalue weighted by atomic mass is 10.1. The highest BCUT2D eigenvalue weighted by molar-refractivity contribution is 7.09. The molecule has 0 atom stereocenters. The summed E-state index contributed by atoms with van der Waals surface area (Å²) in [6, 6.07) is 7.95. The first-order chi connectivity index (χ1) is 13.0. The monoisotopic (exact) mass is 399 g/mol. The molecule has 0 saturated heterocycles. The Hall–Kier alpha value is -2.44. The molecule has 0 saturated carbocycles. The van der Waals surface area contributed by atoms with Gasteiger partial charge in [0.05, 0.1) is 0 Å². The van der Waals surface area contributed by atoms with Crippen molar-refractivity contribution < 1.29 is 14.3 Å². The molecule has 0 fully saturated rings. The first kappa shape index (κ1) is 19.3. The van der Waals surface area contributed by atoms with E-state index < -0.39 is 5.97 Å². The van der Waals surface area contributed by atoms with E-state index in [0.717, 1.165) is 29.9 Å². The van der Waals surface area contributed by atoms with Gasteiger partial charge in [0.2, 0.25) is 5.78 Å². The zero-order valence-electron chi connectivity index (χ0n) is 15.3. The maximum absolute atomic E-state index is 12.5. The molecular weight excluding hydrogens is 378 g/mol. The van der Waals surface area contributed by atoms with Crippen LogP contribution in [-0.2, 0) is 22.5 Å². The largest absolute Gasteiger partial charge is 0.454 e. The molecule has 0 aliphatic carbocycles.